The number of ether oxygens (including phenoxy) is 1. The highest BCUT2D eigenvalue weighted by molar-refractivity contribution is 6.30. The third kappa shape index (κ3) is 3.25. The molecule has 0 unspecified atom stereocenters. The zero-order valence-corrected chi connectivity index (χ0v) is 12.1. The fraction of sp³-hybridized carbons (Fsp3) is 0.533. The predicted octanol–water partition coefficient (Wildman–Crippen LogP) is 3.52. The van der Waals surface area contributed by atoms with Crippen LogP contribution in [0.3, 0.4) is 0 Å². The van der Waals surface area contributed by atoms with Crippen LogP contribution in [0, 0.1) is 0 Å². The Morgan fingerprint density at radius 3 is 2.30 bits per heavy atom. The molecule has 1 heterocycles. The lowest BCUT2D eigenvalue weighted by Crippen LogP contribution is -2.46. The molecule has 108 valence electrons. The molecule has 2 aliphatic rings. The highest BCUT2D eigenvalue weighted by Gasteiger charge is 2.37. The number of benzene rings is 1. The summed E-state index contributed by atoms with van der Waals surface area (Å²) in [6.45, 7) is 1.50. The maximum atomic E-state index is 12.5. The van der Waals surface area contributed by atoms with Crippen molar-refractivity contribution in [3.05, 3.63) is 29.3 Å². The van der Waals surface area contributed by atoms with Crippen LogP contribution < -0.4 is 5.32 Å². The molecule has 0 atom stereocenters. The van der Waals surface area contributed by atoms with Crippen molar-refractivity contribution in [2.24, 2.45) is 0 Å². The number of carbonyl (C=O) groups is 1. The molecule has 0 bridgehead atoms. The van der Waals surface area contributed by atoms with Crippen molar-refractivity contribution < 1.29 is 9.53 Å². The number of nitrogens with zero attached hydrogens (tertiary/aromatic N) is 1. The summed E-state index contributed by atoms with van der Waals surface area (Å²) in [7, 11) is 0. The Balaban J connectivity index is 1.67. The fourth-order valence-electron chi connectivity index (χ4n) is 2.67. The first kappa shape index (κ1) is 13.7. The van der Waals surface area contributed by atoms with E-state index in [1.54, 1.807) is 12.1 Å². The third-order valence-corrected chi connectivity index (χ3v) is 4.11. The molecule has 1 saturated carbocycles. The van der Waals surface area contributed by atoms with Gasteiger partial charge in [0.2, 0.25) is 0 Å². The number of halogens is 1. The highest BCUT2D eigenvalue weighted by Crippen LogP contribution is 2.32. The quantitative estimate of drug-likeness (QED) is 0.927. The molecule has 5 heteroatoms. The number of anilines is 1. The monoisotopic (exact) mass is 294 g/mol. The van der Waals surface area contributed by atoms with Gasteiger partial charge in [-0.2, -0.15) is 0 Å². The summed E-state index contributed by atoms with van der Waals surface area (Å²) in [4.78, 5) is 14.5. The first-order chi connectivity index (χ1) is 9.74. The second kappa shape index (κ2) is 6.02. The Bertz CT molecular complexity index is 467. The zero-order chi connectivity index (χ0) is 13.9. The minimum Gasteiger partial charge on any atom is -0.381 e. The maximum absolute atomic E-state index is 12.5. The van der Waals surface area contributed by atoms with Crippen LogP contribution in [0.4, 0.5) is 10.5 Å². The topological polar surface area (TPSA) is 41.6 Å². The number of hydrogen-bond acceptors (Lipinski definition) is 2. The minimum absolute atomic E-state index is 0.00159. The van der Waals surface area contributed by atoms with Gasteiger partial charge in [-0.3, -0.25) is 0 Å². The van der Waals surface area contributed by atoms with E-state index in [1.807, 2.05) is 17.0 Å². The van der Waals surface area contributed by atoms with E-state index in [-0.39, 0.29) is 6.03 Å². The molecule has 1 aliphatic carbocycles. The van der Waals surface area contributed by atoms with Gasteiger partial charge in [-0.15, -0.1) is 0 Å². The normalized spacial score (nSPS) is 19.6. The van der Waals surface area contributed by atoms with Gasteiger partial charge in [0.25, 0.3) is 0 Å². The second-order valence-corrected chi connectivity index (χ2v) is 5.86. The van der Waals surface area contributed by atoms with Crippen molar-refractivity contribution in [3.63, 3.8) is 0 Å². The summed E-state index contributed by atoms with van der Waals surface area (Å²) in [5.74, 6) is 0. The van der Waals surface area contributed by atoms with E-state index < -0.39 is 0 Å². The summed E-state index contributed by atoms with van der Waals surface area (Å²) < 4.78 is 5.39. The number of rotatable bonds is 3. The molecule has 1 N–H and O–H groups in total. The molecule has 1 aromatic carbocycles. The van der Waals surface area contributed by atoms with Gasteiger partial charge in [-0.25, -0.2) is 4.79 Å². The molecule has 2 fully saturated rings. The summed E-state index contributed by atoms with van der Waals surface area (Å²) in [5.41, 5.74) is 0.789. The van der Waals surface area contributed by atoms with Crippen molar-refractivity contribution >= 4 is 23.3 Å². The molecule has 4 nitrogen and oxygen atoms in total. The van der Waals surface area contributed by atoms with Crippen molar-refractivity contribution in [3.8, 4) is 0 Å². The number of carbonyl (C=O) groups excluding carboxylic acids is 1. The molecule has 2 amide bonds. The third-order valence-electron chi connectivity index (χ3n) is 3.85. The summed E-state index contributed by atoms with van der Waals surface area (Å²) in [6, 6.07) is 7.95. The van der Waals surface area contributed by atoms with Crippen LogP contribution in [-0.4, -0.2) is 36.2 Å². The molecular weight excluding hydrogens is 276 g/mol. The van der Waals surface area contributed by atoms with Crippen molar-refractivity contribution in [2.75, 3.05) is 18.5 Å². The van der Waals surface area contributed by atoms with E-state index >= 15 is 0 Å². The van der Waals surface area contributed by atoms with Gasteiger partial charge in [0.15, 0.2) is 0 Å². The molecule has 1 aliphatic heterocycles. The van der Waals surface area contributed by atoms with E-state index in [4.69, 9.17) is 16.3 Å². The second-order valence-electron chi connectivity index (χ2n) is 5.42. The number of amides is 2. The number of hydrogen-bond donors (Lipinski definition) is 1. The van der Waals surface area contributed by atoms with Crippen LogP contribution in [0.1, 0.15) is 25.7 Å². The minimum atomic E-state index is 0.00159. The lowest BCUT2D eigenvalue weighted by atomic mass is 10.1. The number of urea groups is 1. The van der Waals surface area contributed by atoms with Gasteiger partial charge >= 0.3 is 6.03 Å². The van der Waals surface area contributed by atoms with Crippen molar-refractivity contribution in [2.45, 2.75) is 37.8 Å². The molecule has 20 heavy (non-hydrogen) atoms. The first-order valence-electron chi connectivity index (χ1n) is 7.16. The summed E-state index contributed by atoms with van der Waals surface area (Å²) in [6.07, 6.45) is 4.10. The Morgan fingerprint density at radius 1 is 1.10 bits per heavy atom. The molecular formula is C15H19ClN2O2. The van der Waals surface area contributed by atoms with Crippen LogP contribution in [-0.2, 0) is 4.74 Å². The number of nitrogens with one attached hydrogen (secondary N) is 1. The van der Waals surface area contributed by atoms with Crippen LogP contribution in [0.2, 0.25) is 5.02 Å². The van der Waals surface area contributed by atoms with Crippen molar-refractivity contribution in [1.82, 2.24) is 4.90 Å². The molecule has 1 aromatic rings. The highest BCUT2D eigenvalue weighted by atomic mass is 35.5. The Hall–Kier alpha value is -1.26. The maximum Gasteiger partial charge on any atom is 0.322 e. The average Bonchev–Trinajstić information content (AvgIpc) is 3.28. The molecule has 1 saturated heterocycles. The average molecular weight is 295 g/mol. The van der Waals surface area contributed by atoms with Gasteiger partial charge in [-0.05, 0) is 49.9 Å². The standard InChI is InChI=1S/C15H19ClN2O2/c16-11-1-3-12(4-2-11)17-15(19)18(13-5-6-13)14-7-9-20-10-8-14/h1-4,13-14H,5-10H2,(H,17,19). The molecule has 0 spiro atoms. The smallest absolute Gasteiger partial charge is 0.322 e. The Kier molecular flexibility index (Phi) is 4.13. The van der Waals surface area contributed by atoms with Gasteiger partial charge in [0, 0.05) is 36.0 Å². The molecule has 3 rings (SSSR count). The zero-order valence-electron chi connectivity index (χ0n) is 11.3. The van der Waals surface area contributed by atoms with Crippen molar-refractivity contribution in [1.29, 1.82) is 0 Å². The Labute approximate surface area is 124 Å². The van der Waals surface area contributed by atoms with Gasteiger partial charge in [0.1, 0.15) is 0 Å². The van der Waals surface area contributed by atoms with E-state index in [1.165, 1.54) is 0 Å². The van der Waals surface area contributed by atoms with E-state index in [0.29, 0.717) is 17.1 Å². The van der Waals surface area contributed by atoms with Crippen LogP contribution in [0.25, 0.3) is 0 Å². The van der Waals surface area contributed by atoms with Crippen LogP contribution in [0.5, 0.6) is 0 Å². The summed E-state index contributed by atoms with van der Waals surface area (Å²) in [5, 5.41) is 3.65. The van der Waals surface area contributed by atoms with Crippen LogP contribution in [0.15, 0.2) is 24.3 Å². The van der Waals surface area contributed by atoms with E-state index in [0.717, 1.165) is 44.6 Å². The summed E-state index contributed by atoms with van der Waals surface area (Å²) >= 11 is 5.86. The molecule has 0 radical (unpaired) electrons. The van der Waals surface area contributed by atoms with Crippen LogP contribution >= 0.6 is 11.6 Å². The lowest BCUT2D eigenvalue weighted by Gasteiger charge is -2.34. The fourth-order valence-corrected chi connectivity index (χ4v) is 2.79. The predicted molar refractivity (Wildman–Crippen MR) is 79.2 cm³/mol. The lowest BCUT2D eigenvalue weighted by molar-refractivity contribution is 0.0459. The van der Waals surface area contributed by atoms with E-state index in [2.05, 4.69) is 5.32 Å². The van der Waals surface area contributed by atoms with Gasteiger partial charge < -0.3 is 15.0 Å². The Morgan fingerprint density at radius 2 is 1.70 bits per heavy atom. The first-order valence-corrected chi connectivity index (χ1v) is 7.54. The molecule has 0 aromatic heterocycles. The van der Waals surface area contributed by atoms with Gasteiger partial charge in [-0.1, -0.05) is 11.6 Å². The SMILES string of the molecule is O=C(Nc1ccc(Cl)cc1)N(C1CCOCC1)C1CC1. The van der Waals surface area contributed by atoms with Gasteiger partial charge in [0.05, 0.1) is 0 Å². The largest absolute Gasteiger partial charge is 0.381 e. The van der Waals surface area contributed by atoms with E-state index in [9.17, 15) is 4.79 Å².